The van der Waals surface area contributed by atoms with Gasteiger partial charge in [0.05, 0.1) is 0 Å². The highest BCUT2D eigenvalue weighted by Crippen LogP contribution is 2.19. The zero-order valence-electron chi connectivity index (χ0n) is 9.01. The van der Waals surface area contributed by atoms with Crippen LogP contribution >= 0.6 is 0 Å². The zero-order valence-corrected chi connectivity index (χ0v) is 9.01. The Morgan fingerprint density at radius 2 is 2.31 bits per heavy atom. The molecular weight excluding hydrogens is 162 g/mol. The van der Waals surface area contributed by atoms with Gasteiger partial charge in [-0.15, -0.1) is 0 Å². The molecule has 1 aliphatic heterocycles. The Morgan fingerprint density at radius 3 is 2.85 bits per heavy atom. The van der Waals surface area contributed by atoms with Crippen molar-refractivity contribution >= 4 is 0 Å². The SMILES string of the molecule is CCCNC(CC)CC1CCOC1. The van der Waals surface area contributed by atoms with Gasteiger partial charge >= 0.3 is 0 Å². The summed E-state index contributed by atoms with van der Waals surface area (Å²) in [6, 6.07) is 0.714. The van der Waals surface area contributed by atoms with Crippen LogP contribution in [-0.4, -0.2) is 25.8 Å². The van der Waals surface area contributed by atoms with E-state index >= 15 is 0 Å². The van der Waals surface area contributed by atoms with E-state index in [0.29, 0.717) is 6.04 Å². The van der Waals surface area contributed by atoms with Crippen LogP contribution < -0.4 is 5.32 Å². The Balaban J connectivity index is 2.13. The molecule has 2 unspecified atom stereocenters. The van der Waals surface area contributed by atoms with Crippen molar-refractivity contribution < 1.29 is 4.74 Å². The van der Waals surface area contributed by atoms with E-state index in [-0.39, 0.29) is 0 Å². The summed E-state index contributed by atoms with van der Waals surface area (Å²) >= 11 is 0. The van der Waals surface area contributed by atoms with Crippen LogP contribution in [0.4, 0.5) is 0 Å². The van der Waals surface area contributed by atoms with Gasteiger partial charge in [-0.1, -0.05) is 13.8 Å². The van der Waals surface area contributed by atoms with Gasteiger partial charge in [0.2, 0.25) is 0 Å². The third-order valence-electron chi connectivity index (χ3n) is 2.82. The molecule has 1 aliphatic rings. The van der Waals surface area contributed by atoms with Gasteiger partial charge in [0.1, 0.15) is 0 Å². The Morgan fingerprint density at radius 1 is 1.46 bits per heavy atom. The lowest BCUT2D eigenvalue weighted by atomic mass is 9.97. The molecule has 1 rings (SSSR count). The highest BCUT2D eigenvalue weighted by Gasteiger charge is 2.19. The second-order valence-electron chi connectivity index (χ2n) is 4.02. The van der Waals surface area contributed by atoms with Crippen LogP contribution in [0, 0.1) is 5.92 Å². The van der Waals surface area contributed by atoms with Crippen molar-refractivity contribution in [3.8, 4) is 0 Å². The maximum absolute atomic E-state index is 5.38. The molecular formula is C11H23NO. The fourth-order valence-corrected chi connectivity index (χ4v) is 1.91. The summed E-state index contributed by atoms with van der Waals surface area (Å²) in [5.74, 6) is 0.814. The van der Waals surface area contributed by atoms with Gasteiger partial charge in [0.25, 0.3) is 0 Å². The fourth-order valence-electron chi connectivity index (χ4n) is 1.91. The van der Waals surface area contributed by atoms with Crippen molar-refractivity contribution in [2.24, 2.45) is 5.92 Å². The van der Waals surface area contributed by atoms with E-state index in [1.807, 2.05) is 0 Å². The topological polar surface area (TPSA) is 21.3 Å². The van der Waals surface area contributed by atoms with E-state index in [1.54, 1.807) is 0 Å². The minimum atomic E-state index is 0.714. The highest BCUT2D eigenvalue weighted by molar-refractivity contribution is 4.73. The van der Waals surface area contributed by atoms with Crippen molar-refractivity contribution in [1.29, 1.82) is 0 Å². The summed E-state index contributed by atoms with van der Waals surface area (Å²) in [5.41, 5.74) is 0. The minimum Gasteiger partial charge on any atom is -0.381 e. The maximum Gasteiger partial charge on any atom is 0.0495 e. The molecule has 0 radical (unpaired) electrons. The number of ether oxygens (including phenoxy) is 1. The Kier molecular flexibility index (Phi) is 5.40. The molecule has 0 aromatic carbocycles. The zero-order chi connectivity index (χ0) is 9.52. The van der Waals surface area contributed by atoms with E-state index in [1.165, 1.54) is 25.7 Å². The lowest BCUT2D eigenvalue weighted by Gasteiger charge is -2.19. The van der Waals surface area contributed by atoms with Crippen molar-refractivity contribution in [2.75, 3.05) is 19.8 Å². The van der Waals surface area contributed by atoms with Gasteiger partial charge in [-0.05, 0) is 38.1 Å². The quantitative estimate of drug-likeness (QED) is 0.685. The van der Waals surface area contributed by atoms with E-state index in [4.69, 9.17) is 4.74 Å². The molecule has 1 saturated heterocycles. The van der Waals surface area contributed by atoms with Crippen LogP contribution in [0.3, 0.4) is 0 Å². The second kappa shape index (κ2) is 6.39. The first-order chi connectivity index (χ1) is 6.36. The monoisotopic (exact) mass is 185 g/mol. The first-order valence-corrected chi connectivity index (χ1v) is 5.68. The molecule has 1 heterocycles. The predicted molar refractivity (Wildman–Crippen MR) is 55.9 cm³/mol. The second-order valence-corrected chi connectivity index (χ2v) is 4.02. The first-order valence-electron chi connectivity index (χ1n) is 5.68. The van der Waals surface area contributed by atoms with Gasteiger partial charge in [-0.3, -0.25) is 0 Å². The molecule has 0 aliphatic carbocycles. The van der Waals surface area contributed by atoms with Crippen molar-refractivity contribution in [3.05, 3.63) is 0 Å². The smallest absolute Gasteiger partial charge is 0.0495 e. The average Bonchev–Trinajstić information content (AvgIpc) is 2.64. The maximum atomic E-state index is 5.38. The van der Waals surface area contributed by atoms with Crippen LogP contribution in [0.1, 0.15) is 39.5 Å². The summed E-state index contributed by atoms with van der Waals surface area (Å²) in [7, 11) is 0. The van der Waals surface area contributed by atoms with Crippen molar-refractivity contribution in [1.82, 2.24) is 5.32 Å². The largest absolute Gasteiger partial charge is 0.381 e. The van der Waals surface area contributed by atoms with E-state index in [0.717, 1.165) is 25.7 Å². The summed E-state index contributed by atoms with van der Waals surface area (Å²) in [6.07, 6.45) is 5.05. The molecule has 0 aromatic rings. The van der Waals surface area contributed by atoms with Crippen LogP contribution in [0.25, 0.3) is 0 Å². The van der Waals surface area contributed by atoms with Crippen LogP contribution in [-0.2, 0) is 4.74 Å². The molecule has 0 saturated carbocycles. The van der Waals surface area contributed by atoms with E-state index in [2.05, 4.69) is 19.2 Å². The molecule has 0 aromatic heterocycles. The Labute approximate surface area is 82.0 Å². The van der Waals surface area contributed by atoms with E-state index < -0.39 is 0 Å². The van der Waals surface area contributed by atoms with Gasteiger partial charge in [-0.25, -0.2) is 0 Å². The summed E-state index contributed by atoms with van der Waals surface area (Å²) in [4.78, 5) is 0. The van der Waals surface area contributed by atoms with Gasteiger partial charge < -0.3 is 10.1 Å². The standard InChI is InChI=1S/C11H23NO/c1-3-6-12-11(4-2)8-10-5-7-13-9-10/h10-12H,3-9H2,1-2H3. The van der Waals surface area contributed by atoms with Crippen molar-refractivity contribution in [2.45, 2.75) is 45.6 Å². The summed E-state index contributed by atoms with van der Waals surface area (Å²) in [6.45, 7) is 7.62. The van der Waals surface area contributed by atoms with Gasteiger partial charge in [-0.2, -0.15) is 0 Å². The van der Waals surface area contributed by atoms with Crippen molar-refractivity contribution in [3.63, 3.8) is 0 Å². The molecule has 2 heteroatoms. The van der Waals surface area contributed by atoms with Gasteiger partial charge in [0.15, 0.2) is 0 Å². The van der Waals surface area contributed by atoms with E-state index in [9.17, 15) is 0 Å². The van der Waals surface area contributed by atoms with Gasteiger partial charge in [0, 0.05) is 19.3 Å². The summed E-state index contributed by atoms with van der Waals surface area (Å²) < 4.78 is 5.38. The number of hydrogen-bond donors (Lipinski definition) is 1. The summed E-state index contributed by atoms with van der Waals surface area (Å²) in [5, 5.41) is 3.59. The Hall–Kier alpha value is -0.0800. The molecule has 0 bridgehead atoms. The lowest BCUT2D eigenvalue weighted by Crippen LogP contribution is -2.31. The molecule has 1 N–H and O–H groups in total. The normalized spacial score (nSPS) is 24.9. The molecule has 13 heavy (non-hydrogen) atoms. The number of rotatable bonds is 6. The Bertz CT molecular complexity index is 121. The molecule has 1 fully saturated rings. The first kappa shape index (κ1) is 11.0. The highest BCUT2D eigenvalue weighted by atomic mass is 16.5. The lowest BCUT2D eigenvalue weighted by molar-refractivity contribution is 0.181. The van der Waals surface area contributed by atoms with Crippen LogP contribution in [0.5, 0.6) is 0 Å². The number of hydrogen-bond acceptors (Lipinski definition) is 2. The molecule has 0 spiro atoms. The molecule has 2 nitrogen and oxygen atoms in total. The fraction of sp³-hybridized carbons (Fsp3) is 1.00. The predicted octanol–water partition coefficient (Wildman–Crippen LogP) is 2.19. The van der Waals surface area contributed by atoms with Crippen LogP contribution in [0.2, 0.25) is 0 Å². The average molecular weight is 185 g/mol. The molecule has 2 atom stereocenters. The third-order valence-corrected chi connectivity index (χ3v) is 2.82. The number of nitrogens with one attached hydrogen (secondary N) is 1. The third kappa shape index (κ3) is 4.10. The minimum absolute atomic E-state index is 0.714. The molecule has 78 valence electrons. The van der Waals surface area contributed by atoms with Crippen LogP contribution in [0.15, 0.2) is 0 Å². The molecule has 0 amide bonds.